The van der Waals surface area contributed by atoms with Crippen molar-refractivity contribution < 1.29 is 9.53 Å². The predicted octanol–water partition coefficient (Wildman–Crippen LogP) is 4.75. The van der Waals surface area contributed by atoms with Crippen LogP contribution in [0.3, 0.4) is 0 Å². The lowest BCUT2D eigenvalue weighted by Crippen LogP contribution is -2.48. The number of unbranched alkanes of at least 4 members (excludes halogenated alkanes) is 5. The molecule has 0 radical (unpaired) electrons. The molecule has 0 saturated carbocycles. The molecule has 3 nitrogen and oxygen atoms in total. The Kier molecular flexibility index (Phi) is 7.92. The van der Waals surface area contributed by atoms with Crippen LogP contribution in [-0.4, -0.2) is 30.2 Å². The summed E-state index contributed by atoms with van der Waals surface area (Å²) in [6.45, 7) is 4.39. The largest absolute Gasteiger partial charge is 0.453 e. The summed E-state index contributed by atoms with van der Waals surface area (Å²) in [5.74, 6) is 0. The Morgan fingerprint density at radius 3 is 2.53 bits per heavy atom. The number of carbonyl (C=O) groups is 1. The Morgan fingerprint density at radius 2 is 1.84 bits per heavy atom. The maximum Gasteiger partial charge on any atom is 0.409 e. The summed E-state index contributed by atoms with van der Waals surface area (Å²) < 4.78 is 4.94. The van der Waals surface area contributed by atoms with E-state index < -0.39 is 0 Å². The molecule has 0 unspecified atom stereocenters. The van der Waals surface area contributed by atoms with Gasteiger partial charge in [0.25, 0.3) is 0 Å². The van der Waals surface area contributed by atoms with E-state index in [9.17, 15) is 4.79 Å². The normalized spacial score (nSPS) is 23.4. The number of hydrogen-bond donors (Lipinski definition) is 0. The maximum absolute atomic E-state index is 11.9. The minimum absolute atomic E-state index is 0.136. The van der Waals surface area contributed by atoms with Gasteiger partial charge in [-0.3, -0.25) is 0 Å². The third-order valence-corrected chi connectivity index (χ3v) is 4.30. The van der Waals surface area contributed by atoms with Gasteiger partial charge in [-0.2, -0.15) is 0 Å². The highest BCUT2D eigenvalue weighted by molar-refractivity contribution is 5.68. The van der Waals surface area contributed by atoms with Crippen molar-refractivity contribution in [3.63, 3.8) is 0 Å². The zero-order valence-electron chi connectivity index (χ0n) is 13.0. The van der Waals surface area contributed by atoms with Crippen LogP contribution >= 0.6 is 0 Å². The van der Waals surface area contributed by atoms with Crippen molar-refractivity contribution in [2.75, 3.05) is 7.11 Å². The third-order valence-electron chi connectivity index (χ3n) is 4.30. The summed E-state index contributed by atoms with van der Waals surface area (Å²) >= 11 is 0. The Bertz CT molecular complexity index is 255. The number of rotatable bonds is 7. The Morgan fingerprint density at radius 1 is 1.16 bits per heavy atom. The van der Waals surface area contributed by atoms with Crippen LogP contribution in [0.15, 0.2) is 0 Å². The molecule has 112 valence electrons. The standard InChI is InChI=1S/C16H31NO2/c1-4-5-6-7-8-9-12-15-13-10-11-14(2)17(15)16(18)19-3/h14-15H,4-13H2,1-3H3/t14-,15+/m0/s1. The van der Waals surface area contributed by atoms with Crippen LogP contribution in [0.2, 0.25) is 0 Å². The number of hydrogen-bond acceptors (Lipinski definition) is 2. The average Bonchev–Trinajstić information content (AvgIpc) is 2.42. The Hall–Kier alpha value is -0.730. The predicted molar refractivity (Wildman–Crippen MR) is 79.3 cm³/mol. The zero-order chi connectivity index (χ0) is 14.1. The number of amides is 1. The van der Waals surface area contributed by atoms with Crippen LogP contribution in [0.4, 0.5) is 4.79 Å². The SMILES string of the molecule is CCCCCCCC[C@@H]1CCC[C@H](C)N1C(=O)OC. The number of carbonyl (C=O) groups excluding carboxylic acids is 1. The van der Waals surface area contributed by atoms with Gasteiger partial charge < -0.3 is 9.64 Å². The minimum atomic E-state index is -0.136. The van der Waals surface area contributed by atoms with Gasteiger partial charge in [-0.1, -0.05) is 45.4 Å². The maximum atomic E-state index is 11.9. The first-order valence-corrected chi connectivity index (χ1v) is 8.07. The quantitative estimate of drug-likeness (QED) is 0.624. The monoisotopic (exact) mass is 269 g/mol. The van der Waals surface area contributed by atoms with Gasteiger partial charge in [0, 0.05) is 12.1 Å². The van der Waals surface area contributed by atoms with Gasteiger partial charge in [-0.05, 0) is 32.6 Å². The molecular weight excluding hydrogens is 238 g/mol. The van der Waals surface area contributed by atoms with Gasteiger partial charge in [0.1, 0.15) is 0 Å². The number of likely N-dealkylation sites (tertiary alicyclic amines) is 1. The molecule has 0 N–H and O–H groups in total. The van der Waals surface area contributed by atoms with E-state index in [1.54, 1.807) is 0 Å². The van der Waals surface area contributed by atoms with Gasteiger partial charge in [-0.25, -0.2) is 4.79 Å². The minimum Gasteiger partial charge on any atom is -0.453 e. The second-order valence-electron chi connectivity index (χ2n) is 5.87. The number of ether oxygens (including phenoxy) is 1. The van der Waals surface area contributed by atoms with E-state index >= 15 is 0 Å². The van der Waals surface area contributed by atoms with Crippen LogP contribution in [-0.2, 0) is 4.74 Å². The molecule has 1 aliphatic heterocycles. The van der Waals surface area contributed by atoms with Crippen molar-refractivity contribution in [1.29, 1.82) is 0 Å². The Balaban J connectivity index is 2.30. The summed E-state index contributed by atoms with van der Waals surface area (Å²) in [6, 6.07) is 0.744. The zero-order valence-corrected chi connectivity index (χ0v) is 13.0. The number of nitrogens with zero attached hydrogens (tertiary/aromatic N) is 1. The molecule has 0 spiro atoms. The van der Waals surface area contributed by atoms with Crippen molar-refractivity contribution >= 4 is 6.09 Å². The van der Waals surface area contributed by atoms with Gasteiger partial charge >= 0.3 is 6.09 Å². The van der Waals surface area contributed by atoms with Gasteiger partial charge in [0.05, 0.1) is 7.11 Å². The molecule has 3 heteroatoms. The fourth-order valence-corrected chi connectivity index (χ4v) is 3.17. The molecule has 1 heterocycles. The average molecular weight is 269 g/mol. The molecule has 1 saturated heterocycles. The summed E-state index contributed by atoms with van der Waals surface area (Å²) in [7, 11) is 1.49. The second-order valence-corrected chi connectivity index (χ2v) is 5.87. The summed E-state index contributed by atoms with van der Waals surface area (Å²) in [5.41, 5.74) is 0. The van der Waals surface area contributed by atoms with Gasteiger partial charge in [0.15, 0.2) is 0 Å². The van der Waals surface area contributed by atoms with E-state index in [1.807, 2.05) is 4.90 Å². The first kappa shape index (κ1) is 16.3. The van der Waals surface area contributed by atoms with Crippen LogP contribution in [0.1, 0.15) is 78.1 Å². The fraction of sp³-hybridized carbons (Fsp3) is 0.938. The highest BCUT2D eigenvalue weighted by Gasteiger charge is 2.31. The molecular formula is C16H31NO2. The van der Waals surface area contributed by atoms with Crippen LogP contribution in [0.25, 0.3) is 0 Å². The summed E-state index contributed by atoms with van der Waals surface area (Å²) in [6.07, 6.45) is 12.4. The van der Waals surface area contributed by atoms with Gasteiger partial charge in [-0.15, -0.1) is 0 Å². The smallest absolute Gasteiger partial charge is 0.409 e. The van der Waals surface area contributed by atoms with Crippen molar-refractivity contribution in [2.24, 2.45) is 0 Å². The van der Waals surface area contributed by atoms with Crippen LogP contribution in [0.5, 0.6) is 0 Å². The highest BCUT2D eigenvalue weighted by atomic mass is 16.5. The number of methoxy groups -OCH3 is 1. The van der Waals surface area contributed by atoms with E-state index in [0.717, 1.165) is 19.3 Å². The molecule has 1 amide bonds. The lowest BCUT2D eigenvalue weighted by atomic mass is 9.93. The van der Waals surface area contributed by atoms with Crippen LogP contribution < -0.4 is 0 Å². The second kappa shape index (κ2) is 9.22. The number of piperidine rings is 1. The van der Waals surface area contributed by atoms with E-state index in [1.165, 1.54) is 52.1 Å². The lowest BCUT2D eigenvalue weighted by molar-refractivity contribution is 0.0600. The third kappa shape index (κ3) is 5.42. The summed E-state index contributed by atoms with van der Waals surface area (Å²) in [5, 5.41) is 0. The molecule has 19 heavy (non-hydrogen) atoms. The molecule has 0 aromatic rings. The molecule has 1 aliphatic rings. The fourth-order valence-electron chi connectivity index (χ4n) is 3.17. The van der Waals surface area contributed by atoms with E-state index in [-0.39, 0.29) is 6.09 Å². The molecule has 0 aromatic carbocycles. The van der Waals surface area contributed by atoms with Crippen molar-refractivity contribution in [2.45, 2.75) is 90.1 Å². The van der Waals surface area contributed by atoms with Crippen molar-refractivity contribution in [3.8, 4) is 0 Å². The molecule has 1 rings (SSSR count). The first-order valence-electron chi connectivity index (χ1n) is 8.07. The molecule has 0 aromatic heterocycles. The lowest BCUT2D eigenvalue weighted by Gasteiger charge is -2.39. The Labute approximate surface area is 118 Å². The molecule has 1 fully saturated rings. The topological polar surface area (TPSA) is 29.5 Å². The van der Waals surface area contributed by atoms with E-state index in [2.05, 4.69) is 13.8 Å². The molecule has 0 aliphatic carbocycles. The van der Waals surface area contributed by atoms with Crippen LogP contribution in [0, 0.1) is 0 Å². The summed E-state index contributed by atoms with van der Waals surface area (Å²) in [4.78, 5) is 13.8. The van der Waals surface area contributed by atoms with E-state index in [0.29, 0.717) is 12.1 Å². The first-order chi connectivity index (χ1) is 9.20. The van der Waals surface area contributed by atoms with Crippen molar-refractivity contribution in [3.05, 3.63) is 0 Å². The molecule has 2 atom stereocenters. The van der Waals surface area contributed by atoms with Crippen molar-refractivity contribution in [1.82, 2.24) is 4.90 Å². The van der Waals surface area contributed by atoms with E-state index in [4.69, 9.17) is 4.74 Å². The molecule has 0 bridgehead atoms. The van der Waals surface area contributed by atoms with Gasteiger partial charge in [0.2, 0.25) is 0 Å². The highest BCUT2D eigenvalue weighted by Crippen LogP contribution is 2.27.